The van der Waals surface area contributed by atoms with E-state index in [9.17, 15) is 4.79 Å². The summed E-state index contributed by atoms with van der Waals surface area (Å²) in [7, 11) is 0. The Morgan fingerprint density at radius 2 is 1.67 bits per heavy atom. The van der Waals surface area contributed by atoms with Crippen molar-refractivity contribution in [1.29, 1.82) is 0 Å². The van der Waals surface area contributed by atoms with Gasteiger partial charge in [-0.25, -0.2) is 5.43 Å². The highest BCUT2D eigenvalue weighted by molar-refractivity contribution is 6.07. The van der Waals surface area contributed by atoms with Crippen molar-refractivity contribution in [2.75, 3.05) is 0 Å². The van der Waals surface area contributed by atoms with E-state index >= 15 is 0 Å². The number of fused-ring (bicyclic) bond motifs is 1. The summed E-state index contributed by atoms with van der Waals surface area (Å²) < 4.78 is 0. The zero-order valence-corrected chi connectivity index (χ0v) is 13.9. The summed E-state index contributed by atoms with van der Waals surface area (Å²) in [4.78, 5) is 12.5. The highest BCUT2D eigenvalue weighted by Gasteiger charge is 2.09. The Kier molecular flexibility index (Phi) is 4.71. The molecule has 0 atom stereocenters. The third-order valence-corrected chi connectivity index (χ3v) is 4.14. The number of nitrogens with one attached hydrogen (secondary N) is 1. The van der Waals surface area contributed by atoms with Crippen molar-refractivity contribution in [2.24, 2.45) is 5.10 Å². The van der Waals surface area contributed by atoms with E-state index in [0.29, 0.717) is 5.56 Å². The molecule has 1 amide bonds. The van der Waals surface area contributed by atoms with E-state index < -0.39 is 0 Å². The monoisotopic (exact) mass is 316 g/mol. The molecule has 0 heterocycles. The van der Waals surface area contributed by atoms with Crippen molar-refractivity contribution in [2.45, 2.75) is 20.3 Å². The third-order valence-electron chi connectivity index (χ3n) is 4.14. The minimum atomic E-state index is -0.198. The molecule has 0 aliphatic carbocycles. The van der Waals surface area contributed by atoms with E-state index in [1.54, 1.807) is 0 Å². The van der Waals surface area contributed by atoms with E-state index in [1.165, 1.54) is 5.56 Å². The smallest absolute Gasteiger partial charge is 0.267 e. The highest BCUT2D eigenvalue weighted by Crippen LogP contribution is 2.18. The minimum Gasteiger partial charge on any atom is -0.267 e. The van der Waals surface area contributed by atoms with Crippen molar-refractivity contribution in [3.8, 4) is 0 Å². The Morgan fingerprint density at radius 3 is 2.42 bits per heavy atom. The molecular formula is C21H20N2O. The first-order valence-corrected chi connectivity index (χ1v) is 8.10. The molecule has 3 nitrogen and oxygen atoms in total. The average molecular weight is 316 g/mol. The van der Waals surface area contributed by atoms with Gasteiger partial charge in [-0.15, -0.1) is 0 Å². The number of hydrogen-bond acceptors (Lipinski definition) is 2. The molecule has 0 fully saturated rings. The molecule has 1 N–H and O–H groups in total. The van der Waals surface area contributed by atoms with Crippen LogP contribution in [0.2, 0.25) is 0 Å². The van der Waals surface area contributed by atoms with Crippen LogP contribution in [0.3, 0.4) is 0 Å². The van der Waals surface area contributed by atoms with Crippen molar-refractivity contribution < 1.29 is 4.79 Å². The Hall–Kier alpha value is -2.94. The lowest BCUT2D eigenvalue weighted by Crippen LogP contribution is -2.19. The van der Waals surface area contributed by atoms with E-state index in [0.717, 1.165) is 28.5 Å². The van der Waals surface area contributed by atoms with E-state index in [2.05, 4.69) is 29.6 Å². The fourth-order valence-electron chi connectivity index (χ4n) is 2.66. The molecule has 3 aromatic carbocycles. The molecule has 0 saturated heterocycles. The number of hydrazone groups is 1. The van der Waals surface area contributed by atoms with Crippen LogP contribution in [-0.4, -0.2) is 11.6 Å². The summed E-state index contributed by atoms with van der Waals surface area (Å²) in [6.45, 7) is 4.02. The number of rotatable bonds is 4. The molecule has 24 heavy (non-hydrogen) atoms. The van der Waals surface area contributed by atoms with Gasteiger partial charge in [0.1, 0.15) is 0 Å². The molecule has 0 aliphatic rings. The number of amides is 1. The lowest BCUT2D eigenvalue weighted by molar-refractivity contribution is 0.0956. The van der Waals surface area contributed by atoms with Crippen LogP contribution in [0.5, 0.6) is 0 Å². The number of carbonyl (C=O) groups is 1. The number of aryl methyl sites for hydroxylation is 1. The molecule has 0 radical (unpaired) electrons. The van der Waals surface area contributed by atoms with Crippen LogP contribution >= 0.6 is 0 Å². The van der Waals surface area contributed by atoms with E-state index in [1.807, 2.05) is 61.5 Å². The summed E-state index contributed by atoms with van der Waals surface area (Å²) in [6.07, 6.45) is 1.01. The summed E-state index contributed by atoms with van der Waals surface area (Å²) >= 11 is 0. The maximum absolute atomic E-state index is 12.5. The Labute approximate surface area is 142 Å². The number of benzene rings is 3. The Bertz CT molecular complexity index is 890. The largest absolute Gasteiger partial charge is 0.272 e. The molecule has 0 aromatic heterocycles. The molecule has 0 saturated carbocycles. The third kappa shape index (κ3) is 3.35. The second-order valence-electron chi connectivity index (χ2n) is 5.72. The van der Waals surface area contributed by atoms with Gasteiger partial charge < -0.3 is 0 Å². The van der Waals surface area contributed by atoms with Gasteiger partial charge in [-0.05, 0) is 41.3 Å². The molecule has 0 aliphatic heterocycles. The zero-order valence-electron chi connectivity index (χ0n) is 13.9. The Morgan fingerprint density at radius 1 is 0.958 bits per heavy atom. The second-order valence-corrected chi connectivity index (χ2v) is 5.72. The van der Waals surface area contributed by atoms with Crippen LogP contribution in [0.1, 0.15) is 35.3 Å². The quantitative estimate of drug-likeness (QED) is 0.556. The van der Waals surface area contributed by atoms with E-state index in [4.69, 9.17) is 0 Å². The molecule has 0 bridgehead atoms. The Balaban J connectivity index is 1.80. The average Bonchev–Trinajstić information content (AvgIpc) is 2.65. The van der Waals surface area contributed by atoms with Crippen molar-refractivity contribution >= 4 is 22.4 Å². The van der Waals surface area contributed by atoms with Gasteiger partial charge in [0.05, 0.1) is 5.71 Å². The first-order chi connectivity index (χ1) is 11.7. The summed E-state index contributed by atoms with van der Waals surface area (Å²) in [5.41, 5.74) is 6.37. The minimum absolute atomic E-state index is 0.198. The molecule has 0 unspecified atom stereocenters. The van der Waals surface area contributed by atoms with Crippen molar-refractivity contribution in [3.05, 3.63) is 83.4 Å². The standard InChI is InChI=1S/C21H20N2O/c1-3-16-11-13-17(14-12-16)15(2)22-23-21(24)20-10-6-8-18-7-4-5-9-19(18)20/h4-14H,3H2,1-2H3,(H,23,24)/b22-15+. The molecule has 3 aromatic rings. The maximum Gasteiger partial charge on any atom is 0.272 e. The van der Waals surface area contributed by atoms with Crippen LogP contribution in [0.4, 0.5) is 0 Å². The number of hydrogen-bond donors (Lipinski definition) is 1. The topological polar surface area (TPSA) is 41.5 Å². The molecular weight excluding hydrogens is 296 g/mol. The predicted molar refractivity (Wildman–Crippen MR) is 99.4 cm³/mol. The van der Waals surface area contributed by atoms with Crippen LogP contribution in [0.25, 0.3) is 10.8 Å². The molecule has 120 valence electrons. The van der Waals surface area contributed by atoms with Gasteiger partial charge in [0, 0.05) is 5.56 Å². The lowest BCUT2D eigenvalue weighted by Gasteiger charge is -2.06. The fourth-order valence-corrected chi connectivity index (χ4v) is 2.66. The number of carbonyl (C=O) groups excluding carboxylic acids is 1. The van der Waals surface area contributed by atoms with Gasteiger partial charge in [-0.1, -0.05) is 67.6 Å². The summed E-state index contributed by atoms with van der Waals surface area (Å²) in [5, 5.41) is 6.22. The zero-order chi connectivity index (χ0) is 16.9. The normalized spacial score (nSPS) is 11.5. The van der Waals surface area contributed by atoms with Crippen LogP contribution in [-0.2, 0) is 6.42 Å². The number of nitrogens with zero attached hydrogens (tertiary/aromatic N) is 1. The maximum atomic E-state index is 12.5. The first-order valence-electron chi connectivity index (χ1n) is 8.10. The molecule has 3 heteroatoms. The van der Waals surface area contributed by atoms with Gasteiger partial charge in [0.15, 0.2) is 0 Å². The second kappa shape index (κ2) is 7.09. The SMILES string of the molecule is CCc1ccc(/C(C)=N/NC(=O)c2cccc3ccccc23)cc1. The summed E-state index contributed by atoms with van der Waals surface area (Å²) in [6, 6.07) is 21.8. The summed E-state index contributed by atoms with van der Waals surface area (Å²) in [5.74, 6) is -0.198. The first kappa shape index (κ1) is 15.9. The van der Waals surface area contributed by atoms with E-state index in [-0.39, 0.29) is 5.91 Å². The van der Waals surface area contributed by atoms with Crippen LogP contribution < -0.4 is 5.43 Å². The predicted octanol–water partition coefficient (Wildman–Crippen LogP) is 4.56. The van der Waals surface area contributed by atoms with Crippen LogP contribution in [0.15, 0.2) is 71.8 Å². The molecule has 3 rings (SSSR count). The fraction of sp³-hybridized carbons (Fsp3) is 0.143. The molecule has 0 spiro atoms. The lowest BCUT2D eigenvalue weighted by atomic mass is 10.0. The van der Waals surface area contributed by atoms with Crippen LogP contribution in [0, 0.1) is 0 Å². The van der Waals surface area contributed by atoms with Crippen molar-refractivity contribution in [3.63, 3.8) is 0 Å². The van der Waals surface area contributed by atoms with Gasteiger partial charge in [0.2, 0.25) is 0 Å². The van der Waals surface area contributed by atoms with Gasteiger partial charge in [-0.2, -0.15) is 5.10 Å². The highest BCUT2D eigenvalue weighted by atomic mass is 16.2. The van der Waals surface area contributed by atoms with Gasteiger partial charge in [-0.3, -0.25) is 4.79 Å². The van der Waals surface area contributed by atoms with Crippen molar-refractivity contribution in [1.82, 2.24) is 5.43 Å². The van der Waals surface area contributed by atoms with Gasteiger partial charge >= 0.3 is 0 Å². The van der Waals surface area contributed by atoms with Gasteiger partial charge in [0.25, 0.3) is 5.91 Å².